The topological polar surface area (TPSA) is 86.8 Å². The summed E-state index contributed by atoms with van der Waals surface area (Å²) in [6.07, 6.45) is 9.11. The lowest BCUT2D eigenvalue weighted by Crippen LogP contribution is -2.32. The van der Waals surface area contributed by atoms with Crippen molar-refractivity contribution in [2.75, 3.05) is 11.9 Å². The highest BCUT2D eigenvalue weighted by atomic mass is 32.1. The van der Waals surface area contributed by atoms with Gasteiger partial charge in [-0.15, -0.1) is 11.3 Å². The number of anilines is 2. The summed E-state index contributed by atoms with van der Waals surface area (Å²) in [6, 6.07) is 5.91. The van der Waals surface area contributed by atoms with Crippen LogP contribution < -0.4 is 5.32 Å². The van der Waals surface area contributed by atoms with Gasteiger partial charge in [-0.25, -0.2) is 9.97 Å². The molecule has 5 rings (SSSR count). The normalized spacial score (nSPS) is 19.0. The van der Waals surface area contributed by atoms with Crippen LogP contribution in [-0.2, 0) is 12.8 Å². The molecule has 3 aromatic rings. The van der Waals surface area contributed by atoms with E-state index in [0.29, 0.717) is 5.69 Å². The second-order valence-electron chi connectivity index (χ2n) is 7.66. The molecule has 0 aromatic carbocycles. The molecule has 150 valence electrons. The molecule has 29 heavy (non-hydrogen) atoms. The molecule has 2 N–H and O–H groups in total. The van der Waals surface area contributed by atoms with Gasteiger partial charge < -0.3 is 10.2 Å². The fourth-order valence-corrected chi connectivity index (χ4v) is 4.93. The number of carbonyl (C=O) groups excluding carboxylic acids is 1. The van der Waals surface area contributed by atoms with Gasteiger partial charge in [0.05, 0.1) is 11.7 Å². The van der Waals surface area contributed by atoms with Gasteiger partial charge in [0.2, 0.25) is 0 Å². The summed E-state index contributed by atoms with van der Waals surface area (Å²) in [5, 5.41) is 13.5. The van der Waals surface area contributed by atoms with E-state index in [-0.39, 0.29) is 11.9 Å². The number of amides is 1. The van der Waals surface area contributed by atoms with Gasteiger partial charge >= 0.3 is 0 Å². The fourth-order valence-electron chi connectivity index (χ4n) is 4.39. The number of rotatable bonds is 4. The largest absolute Gasteiger partial charge is 0.329 e. The van der Waals surface area contributed by atoms with E-state index >= 15 is 0 Å². The number of thiazole rings is 1. The van der Waals surface area contributed by atoms with E-state index < -0.39 is 0 Å². The predicted molar refractivity (Wildman–Crippen MR) is 112 cm³/mol. The quantitative estimate of drug-likeness (QED) is 0.630. The first-order chi connectivity index (χ1) is 14.3. The molecule has 2 aliphatic rings. The third-order valence-electron chi connectivity index (χ3n) is 5.80. The highest BCUT2D eigenvalue weighted by molar-refractivity contribution is 7.13. The van der Waals surface area contributed by atoms with Crippen molar-refractivity contribution in [1.29, 1.82) is 0 Å². The standard InChI is InChI=1S/C21H24N6OS/c28-20(19-14-6-2-1-3-7-15(14)25-26-19)27-12-5-9-17(27)16-8-4-10-18(23-16)24-21-22-11-13-29-21/h4,8,10-11,13,17H,1-3,5-7,9,12H2,(H,25,26)(H,22,23,24). The Kier molecular flexibility index (Phi) is 5.01. The Bertz CT molecular complexity index is 999. The van der Waals surface area contributed by atoms with Crippen molar-refractivity contribution in [2.45, 2.75) is 51.0 Å². The van der Waals surface area contributed by atoms with E-state index in [0.717, 1.165) is 73.0 Å². The van der Waals surface area contributed by atoms with E-state index in [1.807, 2.05) is 28.5 Å². The van der Waals surface area contributed by atoms with Crippen LogP contribution in [0.25, 0.3) is 0 Å². The average Bonchev–Trinajstić information content (AvgIpc) is 3.47. The van der Waals surface area contributed by atoms with E-state index in [9.17, 15) is 4.79 Å². The van der Waals surface area contributed by atoms with Gasteiger partial charge in [0.1, 0.15) is 5.82 Å². The van der Waals surface area contributed by atoms with Crippen LogP contribution in [0.3, 0.4) is 0 Å². The molecule has 0 radical (unpaired) electrons. The SMILES string of the molecule is O=C(c1n[nH]c2c1CCCCC2)N1CCCC1c1cccc(Nc2nccs2)n1. The number of nitrogens with zero attached hydrogens (tertiary/aromatic N) is 4. The Labute approximate surface area is 173 Å². The molecule has 4 heterocycles. The summed E-state index contributed by atoms with van der Waals surface area (Å²) in [5.74, 6) is 0.789. The Morgan fingerprint density at radius 1 is 1.21 bits per heavy atom. The number of aryl methyl sites for hydroxylation is 1. The van der Waals surface area contributed by atoms with Crippen LogP contribution >= 0.6 is 11.3 Å². The molecule has 7 nitrogen and oxygen atoms in total. The van der Waals surface area contributed by atoms with Crippen molar-refractivity contribution in [3.63, 3.8) is 0 Å². The number of carbonyl (C=O) groups is 1. The van der Waals surface area contributed by atoms with E-state index in [2.05, 4.69) is 20.5 Å². The van der Waals surface area contributed by atoms with Crippen LogP contribution in [0.4, 0.5) is 10.9 Å². The third kappa shape index (κ3) is 3.64. The van der Waals surface area contributed by atoms with Gasteiger partial charge in [-0.2, -0.15) is 5.10 Å². The van der Waals surface area contributed by atoms with Gasteiger partial charge in [-0.3, -0.25) is 9.89 Å². The summed E-state index contributed by atoms with van der Waals surface area (Å²) in [6.45, 7) is 0.747. The van der Waals surface area contributed by atoms with Gasteiger partial charge in [0, 0.05) is 29.4 Å². The Morgan fingerprint density at radius 3 is 3.03 bits per heavy atom. The summed E-state index contributed by atoms with van der Waals surface area (Å²) in [4.78, 5) is 24.4. The Hall–Kier alpha value is -2.74. The van der Waals surface area contributed by atoms with Gasteiger partial charge in [0.15, 0.2) is 10.8 Å². The van der Waals surface area contributed by atoms with Crippen molar-refractivity contribution in [3.8, 4) is 0 Å². The minimum Gasteiger partial charge on any atom is -0.329 e. The number of aromatic nitrogens is 4. The van der Waals surface area contributed by atoms with E-state index in [1.54, 1.807) is 6.20 Å². The number of fused-ring (bicyclic) bond motifs is 1. The molecule has 0 saturated carbocycles. The maximum absolute atomic E-state index is 13.4. The molecular formula is C21H24N6OS. The minimum absolute atomic E-state index is 0.0151. The lowest BCUT2D eigenvalue weighted by Gasteiger charge is -2.24. The molecule has 8 heteroatoms. The highest BCUT2D eigenvalue weighted by Crippen LogP contribution is 2.34. The lowest BCUT2D eigenvalue weighted by molar-refractivity contribution is 0.0726. The molecule has 1 aliphatic carbocycles. The number of H-pyrrole nitrogens is 1. The number of aromatic amines is 1. The lowest BCUT2D eigenvalue weighted by atomic mass is 10.1. The van der Waals surface area contributed by atoms with Crippen molar-refractivity contribution in [1.82, 2.24) is 25.1 Å². The Balaban J connectivity index is 1.39. The second-order valence-corrected chi connectivity index (χ2v) is 8.55. The number of hydrogen-bond acceptors (Lipinski definition) is 6. The predicted octanol–water partition coefficient (Wildman–Crippen LogP) is 4.25. The van der Waals surface area contributed by atoms with Crippen LogP contribution in [0.2, 0.25) is 0 Å². The molecule has 1 atom stereocenters. The molecule has 1 amide bonds. The van der Waals surface area contributed by atoms with Crippen molar-refractivity contribution < 1.29 is 4.79 Å². The molecule has 0 bridgehead atoms. The van der Waals surface area contributed by atoms with Gasteiger partial charge in [-0.1, -0.05) is 12.5 Å². The first kappa shape index (κ1) is 18.3. The number of hydrogen-bond donors (Lipinski definition) is 2. The zero-order valence-electron chi connectivity index (χ0n) is 16.2. The monoisotopic (exact) mass is 408 g/mol. The number of nitrogens with one attached hydrogen (secondary N) is 2. The first-order valence-electron chi connectivity index (χ1n) is 10.3. The zero-order chi connectivity index (χ0) is 19.6. The molecular weight excluding hydrogens is 384 g/mol. The smallest absolute Gasteiger partial charge is 0.275 e. The van der Waals surface area contributed by atoms with Gasteiger partial charge in [-0.05, 0) is 50.7 Å². The summed E-state index contributed by atoms with van der Waals surface area (Å²) in [5.41, 5.74) is 3.81. The Morgan fingerprint density at radius 2 is 2.14 bits per heavy atom. The number of likely N-dealkylation sites (tertiary alicyclic amines) is 1. The van der Waals surface area contributed by atoms with Crippen molar-refractivity contribution >= 4 is 28.2 Å². The second kappa shape index (κ2) is 7.94. The third-order valence-corrected chi connectivity index (χ3v) is 6.49. The molecule has 0 spiro atoms. The van der Waals surface area contributed by atoms with E-state index in [1.165, 1.54) is 17.8 Å². The molecule has 1 unspecified atom stereocenters. The van der Waals surface area contributed by atoms with Crippen LogP contribution in [0.15, 0.2) is 29.8 Å². The van der Waals surface area contributed by atoms with Crippen molar-refractivity contribution in [2.24, 2.45) is 0 Å². The molecule has 1 fully saturated rings. The average molecular weight is 409 g/mol. The minimum atomic E-state index is -0.0151. The summed E-state index contributed by atoms with van der Waals surface area (Å²) >= 11 is 1.54. The first-order valence-corrected chi connectivity index (χ1v) is 11.2. The number of pyridine rings is 1. The zero-order valence-corrected chi connectivity index (χ0v) is 17.0. The molecule has 3 aromatic heterocycles. The van der Waals surface area contributed by atoms with Crippen LogP contribution in [0.1, 0.15) is 65.6 Å². The van der Waals surface area contributed by atoms with Crippen LogP contribution in [0.5, 0.6) is 0 Å². The molecule has 1 aliphatic heterocycles. The summed E-state index contributed by atoms with van der Waals surface area (Å²) < 4.78 is 0. The highest BCUT2D eigenvalue weighted by Gasteiger charge is 2.34. The maximum Gasteiger partial charge on any atom is 0.275 e. The van der Waals surface area contributed by atoms with Crippen molar-refractivity contribution in [3.05, 3.63) is 52.4 Å². The maximum atomic E-state index is 13.4. The van der Waals surface area contributed by atoms with Crippen LogP contribution in [0, 0.1) is 0 Å². The van der Waals surface area contributed by atoms with Gasteiger partial charge in [0.25, 0.3) is 5.91 Å². The van der Waals surface area contributed by atoms with Crippen LogP contribution in [-0.4, -0.2) is 37.5 Å². The fraction of sp³-hybridized carbons (Fsp3) is 0.429. The van der Waals surface area contributed by atoms with E-state index in [4.69, 9.17) is 4.98 Å². The molecule has 1 saturated heterocycles. The summed E-state index contributed by atoms with van der Waals surface area (Å²) in [7, 11) is 0.